The zero-order chi connectivity index (χ0) is 15.8. The van der Waals surface area contributed by atoms with E-state index in [9.17, 15) is 4.79 Å². The van der Waals surface area contributed by atoms with Gasteiger partial charge in [0.15, 0.2) is 8.32 Å². The molecule has 0 aliphatic heterocycles. The quantitative estimate of drug-likeness (QED) is 0.389. The summed E-state index contributed by atoms with van der Waals surface area (Å²) in [5.41, 5.74) is 0. The lowest BCUT2D eigenvalue weighted by atomic mass is 9.94. The predicted octanol–water partition coefficient (Wildman–Crippen LogP) is 5.57. The summed E-state index contributed by atoms with van der Waals surface area (Å²) in [4.78, 5) is 11.5. The van der Waals surface area contributed by atoms with Crippen LogP contribution in [0.25, 0.3) is 0 Å². The summed E-state index contributed by atoms with van der Waals surface area (Å²) in [5, 5.41) is 0.204. The summed E-state index contributed by atoms with van der Waals surface area (Å²) >= 11 is 0. The molecule has 0 aliphatic rings. The van der Waals surface area contributed by atoms with Crippen molar-refractivity contribution in [1.29, 1.82) is 0 Å². The number of unbranched alkanes of at least 4 members (excludes halogenated alkanes) is 2. The third-order valence-corrected chi connectivity index (χ3v) is 9.14. The van der Waals surface area contributed by atoms with Crippen LogP contribution < -0.4 is 0 Å². The van der Waals surface area contributed by atoms with Crippen molar-refractivity contribution in [2.75, 3.05) is 0 Å². The van der Waals surface area contributed by atoms with Crippen molar-refractivity contribution in [3.8, 4) is 0 Å². The Morgan fingerprint density at radius 3 is 1.95 bits per heavy atom. The minimum absolute atomic E-state index is 0.0793. The van der Waals surface area contributed by atoms with E-state index in [0.29, 0.717) is 0 Å². The highest BCUT2D eigenvalue weighted by molar-refractivity contribution is 6.74. The maximum Gasteiger partial charge on any atom is 0.192 e. The molecule has 0 aliphatic carbocycles. The molecular formula is C17H36O2Si. The highest BCUT2D eigenvalue weighted by Crippen LogP contribution is 2.39. The van der Waals surface area contributed by atoms with Gasteiger partial charge in [0.1, 0.15) is 6.29 Å². The molecular weight excluding hydrogens is 264 g/mol. The number of hydrogen-bond acceptors (Lipinski definition) is 2. The van der Waals surface area contributed by atoms with Crippen LogP contribution in [0.15, 0.2) is 0 Å². The summed E-state index contributed by atoms with van der Waals surface area (Å²) < 4.78 is 6.56. The van der Waals surface area contributed by atoms with E-state index < -0.39 is 8.32 Å². The van der Waals surface area contributed by atoms with Crippen LogP contribution in [0.4, 0.5) is 0 Å². The lowest BCUT2D eigenvalue weighted by molar-refractivity contribution is -0.114. The number of carbonyl (C=O) groups is 1. The average molecular weight is 301 g/mol. The van der Waals surface area contributed by atoms with Crippen molar-refractivity contribution in [3.63, 3.8) is 0 Å². The second kappa shape index (κ2) is 8.99. The number of hydrogen-bond donors (Lipinski definition) is 0. The minimum Gasteiger partial charge on any atom is -0.413 e. The smallest absolute Gasteiger partial charge is 0.192 e. The van der Waals surface area contributed by atoms with Crippen LogP contribution in [0.1, 0.15) is 73.1 Å². The fraction of sp³-hybridized carbons (Fsp3) is 0.941. The third-order valence-electron chi connectivity index (χ3n) is 4.64. The van der Waals surface area contributed by atoms with Gasteiger partial charge in [0, 0.05) is 5.92 Å². The summed E-state index contributed by atoms with van der Waals surface area (Å²) in [7, 11) is -1.80. The van der Waals surface area contributed by atoms with E-state index in [0.717, 1.165) is 44.8 Å². The summed E-state index contributed by atoms with van der Waals surface area (Å²) in [6.07, 6.45) is 7.84. The molecule has 0 aromatic rings. The van der Waals surface area contributed by atoms with Crippen LogP contribution in [0, 0.1) is 5.92 Å². The van der Waals surface area contributed by atoms with Gasteiger partial charge in [0.2, 0.25) is 0 Å². The molecule has 0 heterocycles. The lowest BCUT2D eigenvalue weighted by Gasteiger charge is -2.40. The molecule has 2 nitrogen and oxygen atoms in total. The van der Waals surface area contributed by atoms with Crippen LogP contribution in [0.3, 0.4) is 0 Å². The molecule has 20 heavy (non-hydrogen) atoms. The van der Waals surface area contributed by atoms with Crippen molar-refractivity contribution in [1.82, 2.24) is 0 Å². The Labute approximate surface area is 127 Å². The predicted molar refractivity (Wildman–Crippen MR) is 90.7 cm³/mol. The summed E-state index contributed by atoms with van der Waals surface area (Å²) in [5.74, 6) is 0.0793. The van der Waals surface area contributed by atoms with Crippen LogP contribution in [-0.2, 0) is 9.22 Å². The van der Waals surface area contributed by atoms with Crippen LogP contribution in [0.2, 0.25) is 18.1 Å². The van der Waals surface area contributed by atoms with Gasteiger partial charge in [-0.25, -0.2) is 0 Å². The van der Waals surface area contributed by atoms with Gasteiger partial charge in [-0.05, 0) is 31.0 Å². The molecule has 0 saturated carbocycles. The molecule has 0 amide bonds. The minimum atomic E-state index is -1.80. The Hall–Kier alpha value is -0.153. The topological polar surface area (TPSA) is 26.3 Å². The van der Waals surface area contributed by atoms with Gasteiger partial charge >= 0.3 is 0 Å². The van der Waals surface area contributed by atoms with Gasteiger partial charge in [-0.2, -0.15) is 0 Å². The molecule has 3 heteroatoms. The molecule has 0 radical (unpaired) electrons. The van der Waals surface area contributed by atoms with Gasteiger partial charge < -0.3 is 9.22 Å². The Bertz CT molecular complexity index is 269. The maximum absolute atomic E-state index is 11.5. The molecule has 0 N–H and O–H groups in total. The summed E-state index contributed by atoms with van der Waals surface area (Å²) in [6, 6.07) is 0. The number of aldehydes is 1. The molecule has 0 spiro atoms. The Morgan fingerprint density at radius 2 is 1.55 bits per heavy atom. The van der Waals surface area contributed by atoms with Gasteiger partial charge in [-0.3, -0.25) is 0 Å². The van der Waals surface area contributed by atoms with E-state index in [1.807, 2.05) is 0 Å². The first-order valence-electron chi connectivity index (χ1n) is 8.32. The van der Waals surface area contributed by atoms with Gasteiger partial charge in [0.25, 0.3) is 0 Å². The van der Waals surface area contributed by atoms with Gasteiger partial charge in [0.05, 0.1) is 6.10 Å². The van der Waals surface area contributed by atoms with E-state index in [4.69, 9.17) is 4.43 Å². The molecule has 0 aromatic carbocycles. The largest absolute Gasteiger partial charge is 0.413 e. The van der Waals surface area contributed by atoms with Gasteiger partial charge in [-0.1, -0.05) is 60.3 Å². The first-order valence-corrected chi connectivity index (χ1v) is 11.2. The third kappa shape index (κ3) is 6.53. The Morgan fingerprint density at radius 1 is 1.05 bits per heavy atom. The van der Waals surface area contributed by atoms with E-state index >= 15 is 0 Å². The Balaban J connectivity index is 4.89. The van der Waals surface area contributed by atoms with Gasteiger partial charge in [-0.15, -0.1) is 0 Å². The highest BCUT2D eigenvalue weighted by Gasteiger charge is 2.40. The lowest BCUT2D eigenvalue weighted by Crippen LogP contribution is -2.46. The van der Waals surface area contributed by atoms with Crippen molar-refractivity contribution >= 4 is 14.6 Å². The maximum atomic E-state index is 11.5. The molecule has 0 rings (SSSR count). The molecule has 0 bridgehead atoms. The van der Waals surface area contributed by atoms with Crippen LogP contribution >= 0.6 is 0 Å². The molecule has 0 aromatic heterocycles. The Kier molecular flexibility index (Phi) is 8.92. The number of carbonyl (C=O) groups excluding carboxylic acids is 1. The average Bonchev–Trinajstić information content (AvgIpc) is 2.34. The molecule has 0 unspecified atom stereocenters. The van der Waals surface area contributed by atoms with E-state index in [1.54, 1.807) is 0 Å². The molecule has 0 saturated heterocycles. The van der Waals surface area contributed by atoms with Crippen molar-refractivity contribution in [3.05, 3.63) is 0 Å². The SMILES string of the molecule is CCCC[C@H](O[Si](C)(C)C(C)(C)C)[C@@H](C=O)CCCC. The second-order valence-corrected chi connectivity index (χ2v) is 12.3. The highest BCUT2D eigenvalue weighted by atomic mass is 28.4. The van der Waals surface area contributed by atoms with Crippen LogP contribution in [-0.4, -0.2) is 20.7 Å². The zero-order valence-corrected chi connectivity index (χ0v) is 15.8. The van der Waals surface area contributed by atoms with E-state index in [-0.39, 0.29) is 17.1 Å². The normalized spacial score (nSPS) is 15.9. The monoisotopic (exact) mass is 300 g/mol. The van der Waals surface area contributed by atoms with Crippen molar-refractivity contribution in [2.24, 2.45) is 5.92 Å². The van der Waals surface area contributed by atoms with Crippen molar-refractivity contribution in [2.45, 2.75) is 97.4 Å². The summed E-state index contributed by atoms with van der Waals surface area (Å²) in [6.45, 7) is 15.7. The number of rotatable bonds is 10. The molecule has 0 fully saturated rings. The van der Waals surface area contributed by atoms with E-state index in [2.05, 4.69) is 47.7 Å². The standard InChI is InChI=1S/C17H36O2Si/c1-8-10-12-15(14-18)16(13-11-9-2)19-20(6,7)17(3,4)5/h14-16H,8-13H2,1-7H3/t15-,16+/m1/s1. The van der Waals surface area contributed by atoms with Crippen molar-refractivity contribution < 1.29 is 9.22 Å². The fourth-order valence-electron chi connectivity index (χ4n) is 2.10. The molecule has 120 valence electrons. The fourth-order valence-corrected chi connectivity index (χ4v) is 3.51. The molecule has 2 atom stereocenters. The van der Waals surface area contributed by atoms with E-state index in [1.165, 1.54) is 0 Å². The first kappa shape index (κ1) is 19.8. The zero-order valence-electron chi connectivity index (χ0n) is 14.8. The van der Waals surface area contributed by atoms with Crippen LogP contribution in [0.5, 0.6) is 0 Å². The second-order valence-electron chi connectivity index (χ2n) is 7.50. The first-order chi connectivity index (χ1) is 9.19.